The molecule has 0 saturated carbocycles. The smallest absolute Gasteiger partial charge is 0.261 e. The second-order valence-electron chi connectivity index (χ2n) is 4.33. The van der Waals surface area contributed by atoms with Crippen molar-refractivity contribution < 1.29 is 4.79 Å². The van der Waals surface area contributed by atoms with Gasteiger partial charge in [0.05, 0.1) is 4.88 Å². The van der Waals surface area contributed by atoms with E-state index >= 15 is 0 Å². The number of amides is 1. The third-order valence-electron chi connectivity index (χ3n) is 2.68. The van der Waals surface area contributed by atoms with E-state index in [0.29, 0.717) is 5.92 Å². The van der Waals surface area contributed by atoms with E-state index < -0.39 is 0 Å². The van der Waals surface area contributed by atoms with Crippen LogP contribution in [0, 0.1) is 19.8 Å². The Morgan fingerprint density at radius 3 is 2.50 bits per heavy atom. The Labute approximate surface area is 115 Å². The topological polar surface area (TPSA) is 29.1 Å². The highest BCUT2D eigenvalue weighted by Gasteiger charge is 2.17. The third-order valence-corrected chi connectivity index (χ3v) is 4.78. The van der Waals surface area contributed by atoms with E-state index in [1.807, 2.05) is 13.0 Å². The van der Waals surface area contributed by atoms with Gasteiger partial charge in [0, 0.05) is 15.3 Å². The first-order chi connectivity index (χ1) is 7.45. The van der Waals surface area contributed by atoms with Crippen molar-refractivity contribution in [3.63, 3.8) is 0 Å². The Kier molecular flexibility index (Phi) is 5.24. The van der Waals surface area contributed by atoms with Crippen molar-refractivity contribution in [1.82, 2.24) is 5.32 Å². The quantitative estimate of drug-likeness (QED) is 0.652. The standard InChI is InChI=1S/C12H18INOS/c1-7(2)10(6-13)14-12(15)11-5-8(3)9(4)16-11/h5,7,10H,6H2,1-4H3,(H,14,15). The second kappa shape index (κ2) is 6.00. The number of aryl methyl sites for hydroxylation is 2. The van der Waals surface area contributed by atoms with E-state index in [-0.39, 0.29) is 11.9 Å². The van der Waals surface area contributed by atoms with Gasteiger partial charge in [-0.3, -0.25) is 4.79 Å². The van der Waals surface area contributed by atoms with Crippen molar-refractivity contribution in [1.29, 1.82) is 0 Å². The first-order valence-corrected chi connectivity index (χ1v) is 7.73. The highest BCUT2D eigenvalue weighted by atomic mass is 127. The van der Waals surface area contributed by atoms with Crippen LogP contribution in [0.2, 0.25) is 0 Å². The molecular weight excluding hydrogens is 333 g/mol. The van der Waals surface area contributed by atoms with Crippen molar-refractivity contribution in [2.45, 2.75) is 33.7 Å². The van der Waals surface area contributed by atoms with Crippen LogP contribution in [0.5, 0.6) is 0 Å². The lowest BCUT2D eigenvalue weighted by Crippen LogP contribution is -2.39. The number of rotatable bonds is 4. The van der Waals surface area contributed by atoms with Gasteiger partial charge in [0.15, 0.2) is 0 Å². The summed E-state index contributed by atoms with van der Waals surface area (Å²) in [5, 5.41) is 3.09. The summed E-state index contributed by atoms with van der Waals surface area (Å²) < 4.78 is 0.949. The summed E-state index contributed by atoms with van der Waals surface area (Å²) in [6, 6.07) is 2.23. The molecule has 1 N–H and O–H groups in total. The lowest BCUT2D eigenvalue weighted by atomic mass is 10.1. The summed E-state index contributed by atoms with van der Waals surface area (Å²) in [5.41, 5.74) is 1.20. The minimum absolute atomic E-state index is 0.0663. The second-order valence-corrected chi connectivity index (χ2v) is 6.47. The summed E-state index contributed by atoms with van der Waals surface area (Å²) in [7, 11) is 0. The van der Waals surface area contributed by atoms with Gasteiger partial charge in [-0.05, 0) is 31.4 Å². The fourth-order valence-electron chi connectivity index (χ4n) is 1.31. The van der Waals surface area contributed by atoms with Gasteiger partial charge in [0.1, 0.15) is 0 Å². The molecule has 1 aromatic rings. The molecular formula is C12H18INOS. The predicted molar refractivity (Wildman–Crippen MR) is 78.8 cm³/mol. The maximum Gasteiger partial charge on any atom is 0.261 e. The molecule has 1 heterocycles. The van der Waals surface area contributed by atoms with Crippen LogP contribution >= 0.6 is 33.9 Å². The molecule has 0 aromatic carbocycles. The van der Waals surface area contributed by atoms with Gasteiger partial charge in [-0.15, -0.1) is 11.3 Å². The number of carbonyl (C=O) groups excluding carboxylic acids is 1. The summed E-state index contributed by atoms with van der Waals surface area (Å²) in [5.74, 6) is 0.541. The van der Waals surface area contributed by atoms with E-state index in [2.05, 4.69) is 48.7 Å². The highest BCUT2D eigenvalue weighted by molar-refractivity contribution is 14.1. The van der Waals surface area contributed by atoms with Crippen LogP contribution in [-0.2, 0) is 0 Å². The minimum atomic E-state index is 0.0663. The van der Waals surface area contributed by atoms with Gasteiger partial charge in [-0.25, -0.2) is 0 Å². The van der Waals surface area contributed by atoms with E-state index in [1.165, 1.54) is 10.4 Å². The molecule has 1 aromatic heterocycles. The largest absolute Gasteiger partial charge is 0.348 e. The molecule has 90 valence electrons. The van der Waals surface area contributed by atoms with Crippen LogP contribution in [0.15, 0.2) is 6.07 Å². The molecule has 0 aliphatic rings. The summed E-state index contributed by atoms with van der Waals surface area (Å²) >= 11 is 3.89. The monoisotopic (exact) mass is 351 g/mol. The maximum absolute atomic E-state index is 12.0. The fourth-order valence-corrected chi connectivity index (χ4v) is 3.48. The van der Waals surface area contributed by atoms with E-state index in [9.17, 15) is 4.79 Å². The number of thiophene rings is 1. The molecule has 0 aliphatic carbocycles. The Bertz CT molecular complexity index is 354. The number of carbonyl (C=O) groups is 1. The van der Waals surface area contributed by atoms with E-state index in [1.54, 1.807) is 11.3 Å². The van der Waals surface area contributed by atoms with Crippen LogP contribution in [0.3, 0.4) is 0 Å². The number of alkyl halides is 1. The molecule has 0 radical (unpaired) electrons. The number of hydrogen-bond donors (Lipinski definition) is 1. The lowest BCUT2D eigenvalue weighted by molar-refractivity contribution is 0.0936. The minimum Gasteiger partial charge on any atom is -0.348 e. The lowest BCUT2D eigenvalue weighted by Gasteiger charge is -2.19. The Hall–Kier alpha value is -0.1000. The Balaban J connectivity index is 2.71. The maximum atomic E-state index is 12.0. The molecule has 0 fully saturated rings. The zero-order valence-corrected chi connectivity index (χ0v) is 13.1. The van der Waals surface area contributed by atoms with Gasteiger partial charge in [-0.1, -0.05) is 36.4 Å². The first-order valence-electron chi connectivity index (χ1n) is 5.39. The SMILES string of the molecule is Cc1cc(C(=O)NC(CI)C(C)C)sc1C. The highest BCUT2D eigenvalue weighted by Crippen LogP contribution is 2.20. The zero-order valence-electron chi connectivity index (χ0n) is 10.1. The Morgan fingerprint density at radius 2 is 2.12 bits per heavy atom. The summed E-state index contributed by atoms with van der Waals surface area (Å²) in [6.07, 6.45) is 0. The molecule has 1 amide bonds. The van der Waals surface area contributed by atoms with E-state index in [0.717, 1.165) is 9.30 Å². The van der Waals surface area contributed by atoms with E-state index in [4.69, 9.17) is 0 Å². The molecule has 0 aliphatic heterocycles. The third kappa shape index (κ3) is 3.45. The van der Waals surface area contributed by atoms with Crippen molar-refractivity contribution in [2.24, 2.45) is 5.92 Å². The average Bonchev–Trinajstić information content (AvgIpc) is 2.55. The van der Waals surface area contributed by atoms with Crippen molar-refractivity contribution >= 4 is 39.8 Å². The zero-order chi connectivity index (χ0) is 12.3. The van der Waals surface area contributed by atoms with Crippen LogP contribution in [0.1, 0.15) is 34.0 Å². The number of halogens is 1. The van der Waals surface area contributed by atoms with Crippen molar-refractivity contribution in [2.75, 3.05) is 4.43 Å². The molecule has 2 nitrogen and oxygen atoms in total. The summed E-state index contributed by atoms with van der Waals surface area (Å²) in [6.45, 7) is 8.36. The van der Waals surface area contributed by atoms with Crippen molar-refractivity contribution in [3.8, 4) is 0 Å². The average molecular weight is 351 g/mol. The molecule has 0 spiro atoms. The molecule has 4 heteroatoms. The molecule has 1 unspecified atom stereocenters. The summed E-state index contributed by atoms with van der Waals surface area (Å²) in [4.78, 5) is 14.0. The van der Waals surface area contributed by atoms with Gasteiger partial charge < -0.3 is 5.32 Å². The predicted octanol–water partition coefficient (Wildman–Crippen LogP) is 3.55. The van der Waals surface area contributed by atoms with Gasteiger partial charge in [0.25, 0.3) is 5.91 Å². The molecule has 16 heavy (non-hydrogen) atoms. The normalized spacial score (nSPS) is 12.9. The molecule has 0 bridgehead atoms. The Morgan fingerprint density at radius 1 is 1.50 bits per heavy atom. The van der Waals surface area contributed by atoms with Crippen LogP contribution in [0.4, 0.5) is 0 Å². The fraction of sp³-hybridized carbons (Fsp3) is 0.583. The van der Waals surface area contributed by atoms with Crippen LogP contribution in [-0.4, -0.2) is 16.4 Å². The number of nitrogens with one attached hydrogen (secondary N) is 1. The van der Waals surface area contributed by atoms with Gasteiger partial charge >= 0.3 is 0 Å². The molecule has 0 saturated heterocycles. The van der Waals surface area contributed by atoms with Crippen molar-refractivity contribution in [3.05, 3.63) is 21.4 Å². The van der Waals surface area contributed by atoms with Crippen LogP contribution < -0.4 is 5.32 Å². The first kappa shape index (κ1) is 14.0. The molecule has 1 rings (SSSR count). The van der Waals surface area contributed by atoms with Gasteiger partial charge in [-0.2, -0.15) is 0 Å². The number of hydrogen-bond acceptors (Lipinski definition) is 2. The van der Waals surface area contributed by atoms with Crippen LogP contribution in [0.25, 0.3) is 0 Å². The molecule has 1 atom stereocenters. The van der Waals surface area contributed by atoms with Gasteiger partial charge in [0.2, 0.25) is 0 Å².